The predicted octanol–water partition coefficient (Wildman–Crippen LogP) is 6.46. The smallest absolute Gasteiger partial charge is 0.326 e. The molecule has 0 fully saturated rings. The number of unbranched alkanes of at least 4 members (excludes halogenated alkanes) is 5. The summed E-state index contributed by atoms with van der Waals surface area (Å²) in [5.41, 5.74) is 10.9. The highest BCUT2D eigenvalue weighted by atomic mass is 16.4. The Bertz CT molecular complexity index is 2170. The van der Waals surface area contributed by atoms with Crippen molar-refractivity contribution in [2.75, 3.05) is 18.1 Å². The Kier molecular flexibility index (Phi) is 20.1. The topological polar surface area (TPSA) is 206 Å². The molecule has 4 aromatic carbocycles. The Hall–Kier alpha value is -6.67. The minimum absolute atomic E-state index is 0.0192. The van der Waals surface area contributed by atoms with Gasteiger partial charge in [0.25, 0.3) is 0 Å². The van der Waals surface area contributed by atoms with Gasteiger partial charge >= 0.3 is 5.97 Å². The van der Waals surface area contributed by atoms with Gasteiger partial charge in [-0.3, -0.25) is 19.2 Å². The van der Waals surface area contributed by atoms with Crippen LogP contribution in [0.1, 0.15) is 101 Å². The van der Waals surface area contributed by atoms with Gasteiger partial charge in [0, 0.05) is 49.8 Å². The van der Waals surface area contributed by atoms with E-state index >= 15 is 0 Å². The maximum Gasteiger partial charge on any atom is 0.326 e. The number of nitrogens with two attached hydrogens (primary N) is 1. The van der Waals surface area contributed by atoms with Crippen LogP contribution in [0.4, 0.5) is 5.69 Å². The second kappa shape index (κ2) is 26.3. The number of carbonyl (C=O) groups is 5. The number of carboxylic acids is 1. The number of nitrogens with one attached hydrogen (secondary N) is 4. The number of aromatic hydroxyl groups is 1. The summed E-state index contributed by atoms with van der Waals surface area (Å²) in [6, 6.07) is 30.3. The van der Waals surface area contributed by atoms with Crippen LogP contribution in [0.3, 0.4) is 0 Å². The summed E-state index contributed by atoms with van der Waals surface area (Å²) in [5, 5.41) is 31.1. The van der Waals surface area contributed by atoms with E-state index in [4.69, 9.17) is 5.73 Å². The Morgan fingerprint density at radius 1 is 0.652 bits per heavy atom. The largest absolute Gasteiger partial charge is 0.508 e. The van der Waals surface area contributed by atoms with Gasteiger partial charge in [-0.1, -0.05) is 124 Å². The fourth-order valence-corrected chi connectivity index (χ4v) is 7.95. The number of carbonyl (C=O) groups excluding carboxylic acids is 4. The predicted molar refractivity (Wildman–Crippen MR) is 257 cm³/mol. The molecule has 0 aromatic heterocycles. The molecule has 0 bridgehead atoms. The van der Waals surface area contributed by atoms with Crippen molar-refractivity contribution in [2.24, 2.45) is 5.73 Å². The SMILES string of the molecule is CCCCCCCC(=O)NCCCC[C@H](NC(=O)[C@@H](N)CC1=CN(C(C)c2ccccc2)CN1c1ccccc1)C(=O)N[C@@H](Cc1ccccc1)C(=O)N[C@@H](Cc1ccc(O)cc1)C(=O)O. The number of hydrogen-bond acceptors (Lipinski definition) is 9. The summed E-state index contributed by atoms with van der Waals surface area (Å²) in [7, 11) is 0. The molecule has 66 heavy (non-hydrogen) atoms. The molecule has 5 atom stereocenters. The fourth-order valence-electron chi connectivity index (χ4n) is 7.95. The Morgan fingerprint density at radius 3 is 1.89 bits per heavy atom. The maximum absolute atomic E-state index is 14.4. The molecule has 0 saturated heterocycles. The van der Waals surface area contributed by atoms with Crippen molar-refractivity contribution in [1.29, 1.82) is 0 Å². The number of carboxylic acid groups (broad SMARTS) is 1. The van der Waals surface area contributed by atoms with Gasteiger partial charge in [0.1, 0.15) is 23.9 Å². The van der Waals surface area contributed by atoms with Crippen LogP contribution in [0.15, 0.2) is 127 Å². The first kappa shape index (κ1) is 50.3. The van der Waals surface area contributed by atoms with Crippen LogP contribution in [0.2, 0.25) is 0 Å². The summed E-state index contributed by atoms with van der Waals surface area (Å²) < 4.78 is 0. The third-order valence-electron chi connectivity index (χ3n) is 11.9. The number of anilines is 1. The van der Waals surface area contributed by atoms with Crippen LogP contribution < -0.4 is 31.9 Å². The average molecular weight is 902 g/mol. The molecule has 4 aromatic rings. The van der Waals surface area contributed by atoms with Gasteiger partial charge in [-0.2, -0.15) is 0 Å². The van der Waals surface area contributed by atoms with Crippen molar-refractivity contribution >= 4 is 35.3 Å². The quantitative estimate of drug-likeness (QED) is 0.0325. The lowest BCUT2D eigenvalue weighted by Gasteiger charge is -2.29. The Labute approximate surface area is 389 Å². The molecule has 4 amide bonds. The lowest BCUT2D eigenvalue weighted by Crippen LogP contribution is -2.58. The summed E-state index contributed by atoms with van der Waals surface area (Å²) in [4.78, 5) is 71.7. The van der Waals surface area contributed by atoms with E-state index in [0.717, 1.165) is 54.6 Å². The number of hydrogen-bond donors (Lipinski definition) is 7. The zero-order chi connectivity index (χ0) is 47.3. The van der Waals surface area contributed by atoms with E-state index < -0.39 is 47.9 Å². The standard InChI is InChI=1S/C52H67N7O7/c1-3-4-5-6-16-26-48(61)54-31-18-17-25-45(50(63)56-46(32-38-19-10-7-11-20-38)51(64)57-47(52(65)66)33-39-27-29-43(60)30-28-39)55-49(62)44(53)34-42-35-58(37(2)40-21-12-8-13-22-40)36-59(42)41-23-14-9-15-24-41/h7-15,19-24,27-30,35,37,44-47,60H,3-6,16-18,25-26,31-34,36,53H2,1-2H3,(H,54,61)(H,55,62)(H,56,63)(H,57,64)(H,65,66)/t37?,44-,45-,46-,47-/m0/s1. The first-order chi connectivity index (χ1) is 31.9. The molecule has 0 spiro atoms. The molecule has 352 valence electrons. The van der Waals surface area contributed by atoms with Crippen LogP contribution in [0.25, 0.3) is 0 Å². The summed E-state index contributed by atoms with van der Waals surface area (Å²) in [5.74, 6) is -3.19. The number of nitrogens with zero attached hydrogens (tertiary/aromatic N) is 2. The normalized spacial score (nSPS) is 14.6. The van der Waals surface area contributed by atoms with Crippen LogP contribution in [-0.2, 0) is 36.8 Å². The Balaban J connectivity index is 1.32. The van der Waals surface area contributed by atoms with Crippen molar-refractivity contribution in [1.82, 2.24) is 26.2 Å². The zero-order valence-corrected chi connectivity index (χ0v) is 38.2. The third-order valence-corrected chi connectivity index (χ3v) is 11.9. The second-order valence-corrected chi connectivity index (χ2v) is 17.0. The lowest BCUT2D eigenvalue weighted by atomic mass is 10.0. The van der Waals surface area contributed by atoms with Gasteiger partial charge in [0.2, 0.25) is 23.6 Å². The van der Waals surface area contributed by atoms with Crippen molar-refractivity contribution in [2.45, 2.75) is 121 Å². The van der Waals surface area contributed by atoms with Crippen molar-refractivity contribution < 1.29 is 34.2 Å². The first-order valence-electron chi connectivity index (χ1n) is 23.2. The van der Waals surface area contributed by atoms with Crippen molar-refractivity contribution in [3.63, 3.8) is 0 Å². The average Bonchev–Trinajstić information content (AvgIpc) is 3.75. The van der Waals surface area contributed by atoms with Crippen LogP contribution >= 0.6 is 0 Å². The molecule has 1 heterocycles. The number of phenols is 1. The Morgan fingerprint density at radius 2 is 1.23 bits per heavy atom. The van der Waals surface area contributed by atoms with Gasteiger partial charge in [-0.05, 0) is 73.6 Å². The summed E-state index contributed by atoms with van der Waals surface area (Å²) >= 11 is 0. The van der Waals surface area contributed by atoms with E-state index in [1.807, 2.05) is 60.8 Å². The number of aliphatic carboxylic acids is 1. The molecular weight excluding hydrogens is 835 g/mol. The maximum atomic E-state index is 14.4. The number of benzene rings is 4. The van der Waals surface area contributed by atoms with Crippen LogP contribution in [0, 0.1) is 0 Å². The van der Waals surface area contributed by atoms with Gasteiger partial charge in [0.15, 0.2) is 0 Å². The fraction of sp³-hybridized carbons (Fsp3) is 0.404. The van der Waals surface area contributed by atoms with Gasteiger partial charge < -0.3 is 47.0 Å². The summed E-state index contributed by atoms with van der Waals surface area (Å²) in [6.45, 7) is 5.20. The van der Waals surface area contributed by atoms with E-state index in [1.54, 1.807) is 36.4 Å². The van der Waals surface area contributed by atoms with Crippen LogP contribution in [-0.4, -0.2) is 82.1 Å². The second-order valence-electron chi connectivity index (χ2n) is 17.0. The molecule has 5 rings (SSSR count). The summed E-state index contributed by atoms with van der Waals surface area (Å²) in [6.07, 6.45) is 8.98. The molecular formula is C52H67N7O7. The monoisotopic (exact) mass is 902 g/mol. The first-order valence-corrected chi connectivity index (χ1v) is 23.2. The number of amides is 4. The molecule has 0 saturated carbocycles. The molecule has 0 aliphatic carbocycles. The highest BCUT2D eigenvalue weighted by Crippen LogP contribution is 2.32. The van der Waals surface area contributed by atoms with E-state index in [1.165, 1.54) is 12.1 Å². The van der Waals surface area contributed by atoms with Crippen molar-refractivity contribution in [3.05, 3.63) is 144 Å². The molecule has 14 heteroatoms. The molecule has 0 radical (unpaired) electrons. The highest BCUT2D eigenvalue weighted by Gasteiger charge is 2.33. The van der Waals surface area contributed by atoms with Gasteiger partial charge in [-0.15, -0.1) is 0 Å². The van der Waals surface area contributed by atoms with E-state index in [-0.39, 0.29) is 43.4 Å². The molecule has 1 aliphatic heterocycles. The molecule has 8 N–H and O–H groups in total. The van der Waals surface area contributed by atoms with Gasteiger partial charge in [0.05, 0.1) is 18.8 Å². The van der Waals surface area contributed by atoms with Gasteiger partial charge in [-0.25, -0.2) is 4.79 Å². The van der Waals surface area contributed by atoms with E-state index in [0.29, 0.717) is 38.0 Å². The highest BCUT2D eigenvalue weighted by molar-refractivity contribution is 5.94. The van der Waals surface area contributed by atoms with E-state index in [2.05, 4.69) is 57.0 Å². The number of rotatable bonds is 27. The molecule has 1 aliphatic rings. The van der Waals surface area contributed by atoms with Crippen LogP contribution in [0.5, 0.6) is 5.75 Å². The minimum atomic E-state index is -1.34. The zero-order valence-electron chi connectivity index (χ0n) is 38.2. The lowest BCUT2D eigenvalue weighted by molar-refractivity contribution is -0.142. The minimum Gasteiger partial charge on any atom is -0.508 e. The number of phenolic OH excluding ortho intramolecular Hbond substituents is 1. The van der Waals surface area contributed by atoms with Crippen molar-refractivity contribution in [3.8, 4) is 5.75 Å². The number of para-hydroxylation sites is 1. The molecule has 14 nitrogen and oxygen atoms in total. The third kappa shape index (κ3) is 16.1. The van der Waals surface area contributed by atoms with E-state index in [9.17, 15) is 34.2 Å². The molecule has 1 unspecified atom stereocenters.